The van der Waals surface area contributed by atoms with Gasteiger partial charge in [0, 0.05) is 22.7 Å². The summed E-state index contributed by atoms with van der Waals surface area (Å²) in [4.78, 5) is 14.7. The Morgan fingerprint density at radius 1 is 1.30 bits per heavy atom. The molecule has 1 aromatic carbocycles. The molecule has 0 aliphatic rings. The van der Waals surface area contributed by atoms with Crippen LogP contribution in [0.5, 0.6) is 0 Å². The van der Waals surface area contributed by atoms with Gasteiger partial charge in [-0.2, -0.15) is 0 Å². The fourth-order valence-electron chi connectivity index (χ4n) is 3.37. The van der Waals surface area contributed by atoms with Crippen molar-refractivity contribution in [2.24, 2.45) is 5.92 Å². The van der Waals surface area contributed by atoms with Crippen LogP contribution >= 0.6 is 0 Å². The molecule has 3 N–H and O–H groups in total. The molecule has 0 radical (unpaired) electrons. The van der Waals surface area contributed by atoms with Crippen LogP contribution < -0.4 is 5.48 Å². The molecule has 0 saturated heterocycles. The SMILES string of the molecule is CC(C)c1cccc2[nH]c(C(C(C)C)n3cc(/C=C/C(=O)NO)nn3)cc12. The summed E-state index contributed by atoms with van der Waals surface area (Å²) in [5, 5.41) is 18.1. The maximum absolute atomic E-state index is 11.1. The van der Waals surface area contributed by atoms with E-state index in [1.807, 2.05) is 0 Å². The summed E-state index contributed by atoms with van der Waals surface area (Å²) < 4.78 is 1.81. The molecule has 0 aliphatic carbocycles. The van der Waals surface area contributed by atoms with Crippen molar-refractivity contribution in [3.8, 4) is 0 Å². The van der Waals surface area contributed by atoms with Crippen molar-refractivity contribution < 1.29 is 10.0 Å². The highest BCUT2D eigenvalue weighted by molar-refractivity contribution is 5.90. The van der Waals surface area contributed by atoms with E-state index in [-0.39, 0.29) is 12.0 Å². The first-order valence-electron chi connectivity index (χ1n) is 9.06. The van der Waals surface area contributed by atoms with E-state index in [1.54, 1.807) is 16.4 Å². The molecule has 7 heteroatoms. The Bertz CT molecular complexity index is 968. The smallest absolute Gasteiger partial charge is 0.267 e. The summed E-state index contributed by atoms with van der Waals surface area (Å²) in [6.45, 7) is 8.66. The topological polar surface area (TPSA) is 95.8 Å². The van der Waals surface area contributed by atoms with Gasteiger partial charge in [0.2, 0.25) is 0 Å². The highest BCUT2D eigenvalue weighted by atomic mass is 16.5. The van der Waals surface area contributed by atoms with Crippen molar-refractivity contribution in [2.75, 3.05) is 0 Å². The van der Waals surface area contributed by atoms with Gasteiger partial charge in [-0.15, -0.1) is 5.10 Å². The van der Waals surface area contributed by atoms with E-state index in [9.17, 15) is 4.79 Å². The summed E-state index contributed by atoms with van der Waals surface area (Å²) in [6, 6.07) is 8.52. The number of hydrogen-bond donors (Lipinski definition) is 3. The minimum Gasteiger partial charge on any atom is -0.357 e. The van der Waals surface area contributed by atoms with Crippen molar-refractivity contribution in [1.82, 2.24) is 25.5 Å². The summed E-state index contributed by atoms with van der Waals surface area (Å²) in [6.07, 6.45) is 4.51. The minimum atomic E-state index is -0.609. The number of rotatable bonds is 6. The van der Waals surface area contributed by atoms with E-state index in [0.29, 0.717) is 11.6 Å². The third kappa shape index (κ3) is 3.93. The Hall–Kier alpha value is -2.93. The number of fused-ring (bicyclic) bond motifs is 1. The zero-order chi connectivity index (χ0) is 19.6. The largest absolute Gasteiger partial charge is 0.357 e. The number of carbonyl (C=O) groups excluding carboxylic acids is 1. The number of benzene rings is 1. The summed E-state index contributed by atoms with van der Waals surface area (Å²) in [7, 11) is 0. The number of amides is 1. The van der Waals surface area contributed by atoms with Crippen LogP contribution in [0.1, 0.15) is 56.6 Å². The molecule has 0 aliphatic heterocycles. The molecular formula is C20H25N5O2. The van der Waals surface area contributed by atoms with Crippen LogP contribution in [0.15, 0.2) is 36.5 Å². The predicted octanol–water partition coefficient (Wildman–Crippen LogP) is 3.65. The summed E-state index contributed by atoms with van der Waals surface area (Å²) in [5.74, 6) is 0.109. The maximum Gasteiger partial charge on any atom is 0.267 e. The Morgan fingerprint density at radius 3 is 2.74 bits per heavy atom. The fraction of sp³-hybridized carbons (Fsp3) is 0.350. The van der Waals surface area contributed by atoms with E-state index < -0.39 is 5.91 Å². The Labute approximate surface area is 158 Å². The van der Waals surface area contributed by atoms with Gasteiger partial charge in [0.15, 0.2) is 0 Å². The van der Waals surface area contributed by atoms with Gasteiger partial charge in [-0.1, -0.05) is 45.0 Å². The second-order valence-corrected chi connectivity index (χ2v) is 7.31. The van der Waals surface area contributed by atoms with Crippen LogP contribution in [0.2, 0.25) is 0 Å². The molecule has 0 spiro atoms. The van der Waals surface area contributed by atoms with Crippen LogP contribution in [0.3, 0.4) is 0 Å². The van der Waals surface area contributed by atoms with E-state index >= 15 is 0 Å². The maximum atomic E-state index is 11.1. The van der Waals surface area contributed by atoms with E-state index in [1.165, 1.54) is 23.1 Å². The average Bonchev–Trinajstić information content (AvgIpc) is 3.25. The second-order valence-electron chi connectivity index (χ2n) is 7.31. The fourth-order valence-corrected chi connectivity index (χ4v) is 3.37. The van der Waals surface area contributed by atoms with Crippen molar-refractivity contribution >= 4 is 22.9 Å². The number of H-pyrrole nitrogens is 1. The first kappa shape index (κ1) is 18.8. The third-order valence-corrected chi connectivity index (χ3v) is 4.62. The molecule has 0 bridgehead atoms. The van der Waals surface area contributed by atoms with Crippen molar-refractivity contribution in [1.29, 1.82) is 0 Å². The van der Waals surface area contributed by atoms with E-state index in [2.05, 4.69) is 67.3 Å². The minimum absolute atomic E-state index is 0.0151. The van der Waals surface area contributed by atoms with Crippen LogP contribution in [0.4, 0.5) is 0 Å². The van der Waals surface area contributed by atoms with Gasteiger partial charge in [0.25, 0.3) is 5.91 Å². The van der Waals surface area contributed by atoms with Gasteiger partial charge < -0.3 is 4.98 Å². The number of hydroxylamine groups is 1. The molecule has 1 unspecified atom stereocenters. The third-order valence-electron chi connectivity index (χ3n) is 4.62. The van der Waals surface area contributed by atoms with Gasteiger partial charge >= 0.3 is 0 Å². The van der Waals surface area contributed by atoms with Crippen LogP contribution in [-0.2, 0) is 4.79 Å². The number of nitrogens with zero attached hydrogens (tertiary/aromatic N) is 3. The molecule has 27 heavy (non-hydrogen) atoms. The Kier molecular flexibility index (Phi) is 5.41. The zero-order valence-corrected chi connectivity index (χ0v) is 16.0. The van der Waals surface area contributed by atoms with Gasteiger partial charge in [-0.05, 0) is 35.6 Å². The van der Waals surface area contributed by atoms with Gasteiger partial charge in [-0.3, -0.25) is 10.0 Å². The molecule has 1 atom stereocenters. The van der Waals surface area contributed by atoms with Gasteiger partial charge in [-0.25, -0.2) is 10.2 Å². The van der Waals surface area contributed by atoms with Gasteiger partial charge in [0.1, 0.15) is 5.69 Å². The molecule has 2 heterocycles. The number of nitrogens with one attached hydrogen (secondary N) is 2. The van der Waals surface area contributed by atoms with Crippen molar-refractivity contribution in [2.45, 2.75) is 39.7 Å². The quantitative estimate of drug-likeness (QED) is 0.352. The molecule has 0 fully saturated rings. The Balaban J connectivity index is 1.98. The lowest BCUT2D eigenvalue weighted by molar-refractivity contribution is -0.124. The number of carbonyl (C=O) groups is 1. The molecule has 7 nitrogen and oxygen atoms in total. The van der Waals surface area contributed by atoms with Crippen LogP contribution in [0, 0.1) is 5.92 Å². The first-order valence-corrected chi connectivity index (χ1v) is 9.06. The molecule has 0 saturated carbocycles. The van der Waals surface area contributed by atoms with Crippen LogP contribution in [0.25, 0.3) is 17.0 Å². The van der Waals surface area contributed by atoms with E-state index in [4.69, 9.17) is 5.21 Å². The zero-order valence-electron chi connectivity index (χ0n) is 16.0. The lowest BCUT2D eigenvalue weighted by atomic mass is 9.97. The van der Waals surface area contributed by atoms with Crippen LogP contribution in [-0.4, -0.2) is 31.1 Å². The molecule has 3 aromatic rings. The molecule has 142 valence electrons. The van der Waals surface area contributed by atoms with Gasteiger partial charge in [0.05, 0.1) is 12.2 Å². The van der Waals surface area contributed by atoms with Crippen molar-refractivity contribution in [3.05, 3.63) is 53.5 Å². The molecule has 1 amide bonds. The molecule has 2 aromatic heterocycles. The molecular weight excluding hydrogens is 342 g/mol. The predicted molar refractivity (Wildman–Crippen MR) is 104 cm³/mol. The Morgan fingerprint density at radius 2 is 2.07 bits per heavy atom. The average molecular weight is 367 g/mol. The summed E-state index contributed by atoms with van der Waals surface area (Å²) in [5.41, 5.74) is 5.60. The second kappa shape index (κ2) is 7.75. The normalized spacial score (nSPS) is 13.1. The molecule has 3 rings (SSSR count). The summed E-state index contributed by atoms with van der Waals surface area (Å²) >= 11 is 0. The highest BCUT2D eigenvalue weighted by Crippen LogP contribution is 2.32. The lowest BCUT2D eigenvalue weighted by Gasteiger charge is -2.19. The standard InChI is InChI=1S/C20H25N5O2/c1-12(2)15-6-5-7-17-16(15)10-18(21-17)20(13(3)4)25-11-14(22-24-25)8-9-19(26)23-27/h5-13,20-21,27H,1-4H3,(H,23,26)/b9-8+. The number of aromatic amines is 1. The highest BCUT2D eigenvalue weighted by Gasteiger charge is 2.22. The monoisotopic (exact) mass is 367 g/mol. The first-order chi connectivity index (χ1) is 12.9. The number of hydrogen-bond acceptors (Lipinski definition) is 4. The van der Waals surface area contributed by atoms with Crippen molar-refractivity contribution in [3.63, 3.8) is 0 Å². The van der Waals surface area contributed by atoms with E-state index in [0.717, 1.165) is 11.2 Å². The lowest BCUT2D eigenvalue weighted by Crippen LogP contribution is -2.17. The number of aromatic nitrogens is 4.